The third-order valence-corrected chi connectivity index (χ3v) is 6.89. The molecule has 0 aliphatic rings. The lowest BCUT2D eigenvalue weighted by Crippen LogP contribution is -2.51. The summed E-state index contributed by atoms with van der Waals surface area (Å²) in [6, 6.07) is 17.6. The van der Waals surface area contributed by atoms with Gasteiger partial charge in [0.2, 0.25) is 11.7 Å². The van der Waals surface area contributed by atoms with Crippen LogP contribution in [0.3, 0.4) is 0 Å². The minimum Gasteiger partial charge on any atom is -0.490 e. The van der Waals surface area contributed by atoms with E-state index in [1.54, 1.807) is 18.2 Å². The molecule has 0 fully saturated rings. The number of methoxy groups -OCH3 is 1. The maximum absolute atomic E-state index is 13.7. The zero-order valence-corrected chi connectivity index (χ0v) is 23.8. The van der Waals surface area contributed by atoms with Gasteiger partial charge in [-0.05, 0) is 35.7 Å². The van der Waals surface area contributed by atoms with Gasteiger partial charge in [-0.2, -0.15) is 0 Å². The molecule has 0 bridgehead atoms. The van der Waals surface area contributed by atoms with E-state index in [1.165, 1.54) is 30.2 Å². The number of nitrogens with zero attached hydrogens (tertiary/aromatic N) is 2. The molecule has 9 nitrogen and oxygen atoms in total. The summed E-state index contributed by atoms with van der Waals surface area (Å²) in [4.78, 5) is 39.3. The number of ether oxygens (including phenoxy) is 2. The molecule has 0 unspecified atom stereocenters. The third-order valence-electron chi connectivity index (χ3n) is 6.15. The number of halogens is 2. The molecule has 40 heavy (non-hydrogen) atoms. The number of carbonyl (C=O) groups excluding carboxylic acids is 2. The predicted octanol–water partition coefficient (Wildman–Crippen LogP) is 5.85. The van der Waals surface area contributed by atoms with E-state index in [2.05, 4.69) is 5.32 Å². The van der Waals surface area contributed by atoms with Gasteiger partial charge < -0.3 is 19.7 Å². The van der Waals surface area contributed by atoms with Crippen molar-refractivity contribution in [3.8, 4) is 11.5 Å². The summed E-state index contributed by atoms with van der Waals surface area (Å²) in [5, 5.41) is 14.9. The van der Waals surface area contributed by atoms with Gasteiger partial charge in [0.15, 0.2) is 6.61 Å². The molecule has 1 atom stereocenters. The van der Waals surface area contributed by atoms with E-state index >= 15 is 0 Å². The fraction of sp³-hybridized carbons (Fsp3) is 0.310. The number of nitrogens with one attached hydrogen (secondary N) is 1. The molecule has 0 radical (unpaired) electrons. The topological polar surface area (TPSA) is 111 Å². The van der Waals surface area contributed by atoms with Crippen LogP contribution in [0.4, 0.5) is 5.69 Å². The number of rotatable bonds is 14. The molecule has 1 N–H and O–H groups in total. The highest BCUT2D eigenvalue weighted by Crippen LogP contribution is 2.31. The normalized spacial score (nSPS) is 11.4. The number of unbranched alkanes of at least 4 members (excludes halogenated alkanes) is 1. The lowest BCUT2D eigenvalue weighted by molar-refractivity contribution is -0.385. The first-order valence-corrected chi connectivity index (χ1v) is 13.5. The molecular formula is C29H31Cl2N3O6. The molecule has 0 saturated heterocycles. The second-order valence-electron chi connectivity index (χ2n) is 9.00. The van der Waals surface area contributed by atoms with Crippen LogP contribution in [0.5, 0.6) is 11.5 Å². The Hall–Kier alpha value is -3.82. The van der Waals surface area contributed by atoms with Crippen LogP contribution in [0.2, 0.25) is 10.0 Å². The molecule has 0 aromatic heterocycles. The molecule has 2 amide bonds. The van der Waals surface area contributed by atoms with Crippen molar-refractivity contribution in [1.29, 1.82) is 0 Å². The van der Waals surface area contributed by atoms with Gasteiger partial charge in [0.25, 0.3) is 5.91 Å². The SMILES string of the molecule is CCCCNC(=O)[C@@H](Cc1ccccc1)N(Cc1ccc(Cl)c(Cl)c1)C(=O)COc1ccc([N+](=O)[O-])c(OC)c1. The number of hydrogen-bond acceptors (Lipinski definition) is 6. The average molecular weight is 588 g/mol. The molecule has 3 aromatic rings. The molecule has 0 aliphatic carbocycles. The number of nitro benzene ring substituents is 1. The number of hydrogen-bond donors (Lipinski definition) is 1. The van der Waals surface area contributed by atoms with Crippen molar-refractivity contribution >= 4 is 40.7 Å². The van der Waals surface area contributed by atoms with Crippen molar-refractivity contribution in [2.45, 2.75) is 38.8 Å². The molecule has 0 saturated carbocycles. The van der Waals surface area contributed by atoms with Gasteiger partial charge in [-0.1, -0.05) is 72.9 Å². The highest BCUT2D eigenvalue weighted by Gasteiger charge is 2.31. The summed E-state index contributed by atoms with van der Waals surface area (Å²) in [5.41, 5.74) is 1.33. The Balaban J connectivity index is 1.92. The van der Waals surface area contributed by atoms with E-state index in [9.17, 15) is 19.7 Å². The predicted molar refractivity (Wildman–Crippen MR) is 154 cm³/mol. The Morgan fingerprint density at radius 3 is 2.42 bits per heavy atom. The Morgan fingerprint density at radius 2 is 1.77 bits per heavy atom. The van der Waals surface area contributed by atoms with Crippen molar-refractivity contribution in [1.82, 2.24) is 10.2 Å². The second-order valence-corrected chi connectivity index (χ2v) is 9.81. The molecule has 212 valence electrons. The van der Waals surface area contributed by atoms with Crippen molar-refractivity contribution in [2.75, 3.05) is 20.3 Å². The maximum Gasteiger partial charge on any atom is 0.311 e. The minimum absolute atomic E-state index is 0.000123. The van der Waals surface area contributed by atoms with Crippen LogP contribution in [-0.4, -0.2) is 47.9 Å². The van der Waals surface area contributed by atoms with E-state index in [-0.39, 0.29) is 36.1 Å². The zero-order valence-electron chi connectivity index (χ0n) is 22.3. The minimum atomic E-state index is -0.851. The highest BCUT2D eigenvalue weighted by molar-refractivity contribution is 6.42. The number of carbonyl (C=O) groups is 2. The standard InChI is InChI=1S/C29H31Cl2N3O6/c1-3-4-14-32-29(36)26(16-20-8-6-5-7-9-20)33(18-21-10-12-23(30)24(31)15-21)28(35)19-40-22-11-13-25(34(37)38)27(17-22)39-2/h5-13,15,17,26H,3-4,14,16,18-19H2,1-2H3,(H,32,36)/t26-/m1/s1. The van der Waals surface area contributed by atoms with Crippen LogP contribution in [0, 0.1) is 10.1 Å². The van der Waals surface area contributed by atoms with Crippen molar-refractivity contribution in [2.24, 2.45) is 0 Å². The highest BCUT2D eigenvalue weighted by atomic mass is 35.5. The first-order chi connectivity index (χ1) is 19.2. The third kappa shape index (κ3) is 8.59. The second kappa shape index (κ2) is 15.1. The Labute approximate surface area is 243 Å². The summed E-state index contributed by atoms with van der Waals surface area (Å²) in [5.74, 6) is -0.546. The molecule has 0 aliphatic heterocycles. The van der Waals surface area contributed by atoms with Crippen molar-refractivity contribution < 1.29 is 24.0 Å². The smallest absolute Gasteiger partial charge is 0.311 e. The fourth-order valence-corrected chi connectivity index (χ4v) is 4.34. The van der Waals surface area contributed by atoms with Gasteiger partial charge >= 0.3 is 5.69 Å². The van der Waals surface area contributed by atoms with Crippen LogP contribution in [-0.2, 0) is 22.6 Å². The maximum atomic E-state index is 13.7. The zero-order chi connectivity index (χ0) is 29.1. The van der Waals surface area contributed by atoms with Gasteiger partial charge in [-0.15, -0.1) is 0 Å². The summed E-state index contributed by atoms with van der Waals surface area (Å²) in [6.07, 6.45) is 1.98. The molecular weight excluding hydrogens is 557 g/mol. The van der Waals surface area contributed by atoms with Crippen LogP contribution < -0.4 is 14.8 Å². The number of nitro groups is 1. The first kappa shape index (κ1) is 30.7. The summed E-state index contributed by atoms with van der Waals surface area (Å²) < 4.78 is 10.8. The Bertz CT molecular complexity index is 1320. The van der Waals surface area contributed by atoms with E-state index in [0.717, 1.165) is 18.4 Å². The van der Waals surface area contributed by atoms with Crippen LogP contribution in [0.1, 0.15) is 30.9 Å². The van der Waals surface area contributed by atoms with E-state index in [4.69, 9.17) is 32.7 Å². The summed E-state index contributed by atoms with van der Waals surface area (Å²) in [7, 11) is 1.31. The molecule has 3 aromatic carbocycles. The van der Waals surface area contributed by atoms with Gasteiger partial charge in [-0.3, -0.25) is 19.7 Å². The monoisotopic (exact) mass is 587 g/mol. The van der Waals surface area contributed by atoms with E-state index in [1.807, 2.05) is 37.3 Å². The summed E-state index contributed by atoms with van der Waals surface area (Å²) in [6.45, 7) is 2.16. The molecule has 0 heterocycles. The number of amides is 2. The van der Waals surface area contributed by atoms with Crippen molar-refractivity contribution in [3.63, 3.8) is 0 Å². The van der Waals surface area contributed by atoms with Crippen LogP contribution in [0.15, 0.2) is 66.7 Å². The average Bonchev–Trinajstić information content (AvgIpc) is 2.95. The molecule has 3 rings (SSSR count). The van der Waals surface area contributed by atoms with Crippen LogP contribution in [0.25, 0.3) is 0 Å². The van der Waals surface area contributed by atoms with Crippen LogP contribution >= 0.6 is 23.2 Å². The van der Waals surface area contributed by atoms with Crippen molar-refractivity contribution in [3.05, 3.63) is 98.0 Å². The van der Waals surface area contributed by atoms with Gasteiger partial charge in [0, 0.05) is 31.6 Å². The van der Waals surface area contributed by atoms with Gasteiger partial charge in [0.05, 0.1) is 22.1 Å². The molecule has 0 spiro atoms. The quantitative estimate of drug-likeness (QED) is 0.144. The lowest BCUT2D eigenvalue weighted by atomic mass is 10.0. The van der Waals surface area contributed by atoms with E-state index in [0.29, 0.717) is 22.2 Å². The first-order valence-electron chi connectivity index (χ1n) is 12.7. The lowest BCUT2D eigenvalue weighted by Gasteiger charge is -2.31. The largest absolute Gasteiger partial charge is 0.490 e. The Morgan fingerprint density at radius 1 is 1.02 bits per heavy atom. The summed E-state index contributed by atoms with van der Waals surface area (Å²) >= 11 is 12.3. The fourth-order valence-electron chi connectivity index (χ4n) is 4.02. The van der Waals surface area contributed by atoms with Gasteiger partial charge in [-0.25, -0.2) is 0 Å². The molecule has 11 heteroatoms. The Kier molecular flexibility index (Phi) is 11.6. The van der Waals surface area contributed by atoms with Gasteiger partial charge in [0.1, 0.15) is 11.8 Å². The van der Waals surface area contributed by atoms with E-state index < -0.39 is 23.5 Å². The number of benzene rings is 3.